The second kappa shape index (κ2) is 13.7. The minimum absolute atomic E-state index is 0.124. The average molecular weight is 667 g/mol. The molecule has 0 bridgehead atoms. The molecule has 0 heterocycles. The van der Waals surface area contributed by atoms with Gasteiger partial charge in [-0.05, 0) is 72.8 Å². The Morgan fingerprint density at radius 3 is 2.25 bits per heavy atom. The van der Waals surface area contributed by atoms with E-state index in [2.05, 4.69) is 42.5 Å². The Morgan fingerprint density at radius 1 is 0.850 bits per heavy atom. The number of hydrogen-bond acceptors (Lipinski definition) is 6. The zero-order valence-electron chi connectivity index (χ0n) is 21.0. The van der Waals surface area contributed by atoms with Crippen molar-refractivity contribution in [3.63, 3.8) is 0 Å². The first-order valence-corrected chi connectivity index (χ1v) is 13.6. The van der Waals surface area contributed by atoms with Crippen LogP contribution in [0.25, 0.3) is 0 Å². The summed E-state index contributed by atoms with van der Waals surface area (Å²) in [5.41, 5.74) is 7.57. The molecule has 4 rings (SSSR count). The highest BCUT2D eigenvalue weighted by molar-refractivity contribution is 9.10. The highest BCUT2D eigenvalue weighted by Crippen LogP contribution is 2.35. The molecule has 0 fully saturated rings. The van der Waals surface area contributed by atoms with Crippen molar-refractivity contribution in [2.45, 2.75) is 12.2 Å². The van der Waals surface area contributed by atoms with Gasteiger partial charge < -0.3 is 25.6 Å². The second-order valence-corrected chi connectivity index (χ2v) is 10.3. The molecule has 0 saturated carbocycles. The summed E-state index contributed by atoms with van der Waals surface area (Å²) in [7, 11) is 0. The number of amides is 2. The normalized spacial score (nSPS) is 12.3. The van der Waals surface area contributed by atoms with Crippen molar-refractivity contribution in [1.29, 1.82) is 0 Å². The number of carbonyl (C=O) groups is 2. The van der Waals surface area contributed by atoms with E-state index < -0.39 is 24.2 Å². The van der Waals surface area contributed by atoms with Crippen molar-refractivity contribution >= 4 is 60.9 Å². The van der Waals surface area contributed by atoms with E-state index in [-0.39, 0.29) is 11.3 Å². The number of para-hydroxylation sites is 3. The van der Waals surface area contributed by atoms with Crippen LogP contribution in [-0.4, -0.2) is 23.2 Å². The number of ether oxygens (including phenoxy) is 2. The first-order valence-electron chi connectivity index (χ1n) is 12.1. The molecule has 40 heavy (non-hydrogen) atoms. The lowest BCUT2D eigenvalue weighted by Gasteiger charge is -2.27. The Bertz CT molecular complexity index is 1500. The SMILES string of the molecule is Nc1ccccc1NC(=O)/C=C/[C@H](Oc1ccccc1)[C@@H](OC(=O)Nc1ccc(Br)cc1)c1cc(Br)ccc1O. The quantitative estimate of drug-likeness (QED) is 0.109. The number of nitrogens with two attached hydrogens (primary N) is 1. The van der Waals surface area contributed by atoms with Gasteiger partial charge in [0.2, 0.25) is 5.91 Å². The highest BCUT2D eigenvalue weighted by Gasteiger charge is 2.30. The molecule has 4 aromatic carbocycles. The van der Waals surface area contributed by atoms with Gasteiger partial charge in [-0.2, -0.15) is 0 Å². The number of hydrogen-bond donors (Lipinski definition) is 4. The van der Waals surface area contributed by atoms with Crippen LogP contribution in [0.15, 0.2) is 118 Å². The molecule has 0 radical (unpaired) electrons. The summed E-state index contributed by atoms with van der Waals surface area (Å²) < 4.78 is 13.5. The van der Waals surface area contributed by atoms with Crippen LogP contribution in [0.1, 0.15) is 11.7 Å². The molecule has 10 heteroatoms. The molecular formula is C30H25Br2N3O5. The van der Waals surface area contributed by atoms with Gasteiger partial charge in [-0.3, -0.25) is 10.1 Å². The summed E-state index contributed by atoms with van der Waals surface area (Å²) in [5, 5.41) is 16.1. The van der Waals surface area contributed by atoms with Gasteiger partial charge in [0, 0.05) is 26.3 Å². The number of aromatic hydroxyl groups is 1. The van der Waals surface area contributed by atoms with Gasteiger partial charge in [-0.15, -0.1) is 0 Å². The van der Waals surface area contributed by atoms with Gasteiger partial charge in [-0.25, -0.2) is 4.79 Å². The van der Waals surface area contributed by atoms with Gasteiger partial charge in [0.1, 0.15) is 11.5 Å². The average Bonchev–Trinajstić information content (AvgIpc) is 2.94. The number of phenols is 1. The van der Waals surface area contributed by atoms with Crippen LogP contribution in [0, 0.1) is 0 Å². The van der Waals surface area contributed by atoms with E-state index in [9.17, 15) is 14.7 Å². The van der Waals surface area contributed by atoms with Crippen molar-refractivity contribution in [2.75, 3.05) is 16.4 Å². The molecular weight excluding hydrogens is 642 g/mol. The molecule has 5 N–H and O–H groups in total. The van der Waals surface area contributed by atoms with E-state index in [0.717, 1.165) is 4.47 Å². The topological polar surface area (TPSA) is 123 Å². The zero-order valence-corrected chi connectivity index (χ0v) is 24.1. The fraction of sp³-hybridized carbons (Fsp3) is 0.0667. The van der Waals surface area contributed by atoms with E-state index in [0.29, 0.717) is 27.3 Å². The Balaban J connectivity index is 1.67. The van der Waals surface area contributed by atoms with E-state index in [1.165, 1.54) is 18.2 Å². The summed E-state index contributed by atoms with van der Waals surface area (Å²) in [6.07, 6.45) is -0.267. The number of phenolic OH excluding ortho intramolecular Hbond substituents is 1. The molecule has 0 aliphatic heterocycles. The fourth-order valence-electron chi connectivity index (χ4n) is 3.68. The maximum atomic E-state index is 13.0. The summed E-state index contributed by atoms with van der Waals surface area (Å²) in [4.78, 5) is 25.8. The van der Waals surface area contributed by atoms with Crippen molar-refractivity contribution < 1.29 is 24.2 Å². The third kappa shape index (κ3) is 8.11. The minimum atomic E-state index is -1.17. The molecule has 4 aromatic rings. The third-order valence-corrected chi connectivity index (χ3v) is 6.61. The summed E-state index contributed by atoms with van der Waals surface area (Å²) in [6.45, 7) is 0. The van der Waals surface area contributed by atoms with Gasteiger partial charge in [0.05, 0.1) is 11.4 Å². The Hall–Kier alpha value is -4.28. The van der Waals surface area contributed by atoms with Crippen molar-refractivity contribution in [3.05, 3.63) is 124 Å². The van der Waals surface area contributed by atoms with Crippen LogP contribution in [-0.2, 0) is 9.53 Å². The molecule has 204 valence electrons. The monoisotopic (exact) mass is 665 g/mol. The van der Waals surface area contributed by atoms with E-state index >= 15 is 0 Å². The third-order valence-electron chi connectivity index (χ3n) is 5.59. The number of nitrogen functional groups attached to an aromatic ring is 1. The largest absolute Gasteiger partial charge is 0.508 e. The molecule has 0 aliphatic carbocycles. The van der Waals surface area contributed by atoms with Gasteiger partial charge in [-0.1, -0.05) is 62.2 Å². The predicted molar refractivity (Wildman–Crippen MR) is 162 cm³/mol. The molecule has 0 saturated heterocycles. The molecule has 0 spiro atoms. The lowest BCUT2D eigenvalue weighted by molar-refractivity contribution is -0.112. The van der Waals surface area contributed by atoms with Crippen molar-refractivity contribution in [1.82, 2.24) is 0 Å². The summed E-state index contributed by atoms with van der Waals surface area (Å²) in [5.74, 6) is -0.140. The molecule has 2 atom stereocenters. The van der Waals surface area contributed by atoms with Crippen LogP contribution in [0.4, 0.5) is 21.9 Å². The zero-order chi connectivity index (χ0) is 28.5. The Labute approximate surface area is 248 Å². The Kier molecular flexibility index (Phi) is 9.82. The number of halogens is 2. The minimum Gasteiger partial charge on any atom is -0.508 e. The number of anilines is 3. The fourth-order valence-corrected chi connectivity index (χ4v) is 4.33. The second-order valence-electron chi connectivity index (χ2n) is 8.49. The maximum absolute atomic E-state index is 13.0. The standard InChI is InChI=1S/C30H25Br2N3O5/c31-19-10-13-21(14-11-19)34-30(38)40-29(23-18-20(32)12-15-26(23)36)27(39-22-6-2-1-3-7-22)16-17-28(37)35-25-9-5-4-8-24(25)33/h1-18,27,29,36H,33H2,(H,34,38)(H,35,37)/b17-16+/t27-,29-/m0/s1. The predicted octanol–water partition coefficient (Wildman–Crippen LogP) is 7.43. The molecule has 2 amide bonds. The molecule has 0 aliphatic rings. The summed E-state index contributed by atoms with van der Waals surface area (Å²) in [6, 6.07) is 27.4. The highest BCUT2D eigenvalue weighted by atomic mass is 79.9. The van der Waals surface area contributed by atoms with Gasteiger partial charge in [0.25, 0.3) is 0 Å². The number of benzene rings is 4. The van der Waals surface area contributed by atoms with Crippen LogP contribution in [0.5, 0.6) is 11.5 Å². The molecule has 8 nitrogen and oxygen atoms in total. The van der Waals surface area contributed by atoms with Crippen molar-refractivity contribution in [3.8, 4) is 11.5 Å². The van der Waals surface area contributed by atoms with E-state index in [1.54, 1.807) is 84.9 Å². The molecule has 0 unspecified atom stereocenters. The smallest absolute Gasteiger partial charge is 0.412 e. The number of nitrogens with one attached hydrogen (secondary N) is 2. The van der Waals surface area contributed by atoms with Crippen molar-refractivity contribution in [2.24, 2.45) is 0 Å². The number of carbonyl (C=O) groups excluding carboxylic acids is 2. The Morgan fingerprint density at radius 2 is 1.52 bits per heavy atom. The maximum Gasteiger partial charge on any atom is 0.412 e. The summed E-state index contributed by atoms with van der Waals surface area (Å²) >= 11 is 6.77. The van der Waals surface area contributed by atoms with E-state index in [1.807, 2.05) is 6.07 Å². The van der Waals surface area contributed by atoms with Crippen LogP contribution >= 0.6 is 31.9 Å². The van der Waals surface area contributed by atoms with Gasteiger partial charge in [0.15, 0.2) is 12.2 Å². The van der Waals surface area contributed by atoms with Crippen LogP contribution < -0.4 is 21.1 Å². The van der Waals surface area contributed by atoms with E-state index in [4.69, 9.17) is 15.2 Å². The van der Waals surface area contributed by atoms with Crippen LogP contribution in [0.2, 0.25) is 0 Å². The van der Waals surface area contributed by atoms with Crippen LogP contribution in [0.3, 0.4) is 0 Å². The first kappa shape index (κ1) is 28.7. The van der Waals surface area contributed by atoms with Gasteiger partial charge >= 0.3 is 6.09 Å². The lowest BCUT2D eigenvalue weighted by Crippen LogP contribution is -2.30. The first-order chi connectivity index (χ1) is 19.3. The lowest BCUT2D eigenvalue weighted by atomic mass is 10.0. The molecule has 0 aromatic heterocycles. The number of rotatable bonds is 9.